The lowest BCUT2D eigenvalue weighted by molar-refractivity contribution is 0.0976. The monoisotopic (exact) mass is 291 g/mol. The van der Waals surface area contributed by atoms with Crippen LogP contribution in [0.3, 0.4) is 0 Å². The molecule has 0 spiro atoms. The molecule has 3 rings (SSSR count). The number of ketones is 1. The highest BCUT2D eigenvalue weighted by atomic mass is 32.1. The number of aryl methyl sites for hydroxylation is 1. The van der Waals surface area contributed by atoms with E-state index in [0.717, 1.165) is 35.8 Å². The smallest absolute Gasteiger partial charge is 0.174 e. The number of fused-ring (bicyclic) bond motifs is 1. The third-order valence-electron chi connectivity index (χ3n) is 5.09. The Kier molecular flexibility index (Phi) is 3.74. The first-order chi connectivity index (χ1) is 9.45. The van der Waals surface area contributed by atoms with Crippen molar-refractivity contribution in [3.63, 3.8) is 0 Å². The predicted octanol–water partition coefficient (Wildman–Crippen LogP) is 4.98. The predicted molar refractivity (Wildman–Crippen MR) is 83.5 cm³/mol. The molecule has 0 saturated heterocycles. The van der Waals surface area contributed by atoms with Crippen LogP contribution in [-0.2, 0) is 6.42 Å². The molecule has 0 atom stereocenters. The van der Waals surface area contributed by atoms with Crippen LogP contribution in [-0.4, -0.2) is 10.8 Å². The molecular weight excluding hydrogens is 266 g/mol. The van der Waals surface area contributed by atoms with Crippen LogP contribution in [0.1, 0.15) is 85.6 Å². The van der Waals surface area contributed by atoms with Gasteiger partial charge in [-0.15, -0.1) is 11.3 Å². The van der Waals surface area contributed by atoms with Crippen molar-refractivity contribution in [2.75, 3.05) is 0 Å². The summed E-state index contributed by atoms with van der Waals surface area (Å²) in [4.78, 5) is 17.7. The second-order valence-corrected chi connectivity index (χ2v) is 8.55. The third kappa shape index (κ3) is 2.69. The van der Waals surface area contributed by atoms with Crippen LogP contribution in [0.5, 0.6) is 0 Å². The number of aromatic nitrogens is 1. The van der Waals surface area contributed by atoms with Gasteiger partial charge in [-0.05, 0) is 49.9 Å². The molecule has 2 aliphatic carbocycles. The fourth-order valence-corrected chi connectivity index (χ4v) is 4.92. The minimum Gasteiger partial charge on any atom is -0.293 e. The maximum absolute atomic E-state index is 11.9. The van der Waals surface area contributed by atoms with Gasteiger partial charge in [0.15, 0.2) is 5.78 Å². The lowest BCUT2D eigenvalue weighted by Gasteiger charge is -2.36. The maximum Gasteiger partial charge on any atom is 0.174 e. The molecule has 1 heterocycles. The summed E-state index contributed by atoms with van der Waals surface area (Å²) in [6, 6.07) is 0. The molecule has 1 saturated carbocycles. The van der Waals surface area contributed by atoms with Gasteiger partial charge in [0.2, 0.25) is 0 Å². The highest BCUT2D eigenvalue weighted by molar-refractivity contribution is 7.14. The van der Waals surface area contributed by atoms with Gasteiger partial charge in [0.05, 0.1) is 15.6 Å². The number of nitrogens with zero attached hydrogens (tertiary/aromatic N) is 1. The average molecular weight is 291 g/mol. The molecule has 0 amide bonds. The minimum absolute atomic E-state index is 0.332. The van der Waals surface area contributed by atoms with Crippen molar-refractivity contribution in [3.05, 3.63) is 15.6 Å². The molecule has 0 aliphatic heterocycles. The summed E-state index contributed by atoms with van der Waals surface area (Å²) in [6.45, 7) is 7.08. The second kappa shape index (κ2) is 5.25. The van der Waals surface area contributed by atoms with Gasteiger partial charge >= 0.3 is 0 Å². The van der Waals surface area contributed by atoms with Crippen LogP contribution in [0.4, 0.5) is 0 Å². The Labute approximate surface area is 126 Å². The molecule has 2 aliphatic rings. The number of carbonyl (C=O) groups is 1. The molecule has 2 nitrogen and oxygen atoms in total. The lowest BCUT2D eigenvalue weighted by Crippen LogP contribution is -2.25. The van der Waals surface area contributed by atoms with E-state index >= 15 is 0 Å². The van der Waals surface area contributed by atoms with Gasteiger partial charge < -0.3 is 0 Å². The number of rotatable bonds is 1. The van der Waals surface area contributed by atoms with Gasteiger partial charge in [-0.1, -0.05) is 20.8 Å². The zero-order valence-corrected chi connectivity index (χ0v) is 13.7. The Morgan fingerprint density at radius 2 is 1.80 bits per heavy atom. The maximum atomic E-state index is 11.9. The van der Waals surface area contributed by atoms with Crippen LogP contribution in [0.2, 0.25) is 0 Å². The zero-order valence-electron chi connectivity index (χ0n) is 12.9. The van der Waals surface area contributed by atoms with Crippen molar-refractivity contribution >= 4 is 17.1 Å². The van der Waals surface area contributed by atoms with Crippen LogP contribution >= 0.6 is 11.3 Å². The Balaban J connectivity index is 1.71. The standard InChI is InChI=1S/C17H25NOS/c1-17(2,3)12-9-7-11(8-10-12)16-18-13-5-4-6-14(19)15(13)20-16/h11-12H,4-10H2,1-3H3. The fraction of sp³-hybridized carbons (Fsp3) is 0.765. The topological polar surface area (TPSA) is 30.0 Å². The first-order valence-electron chi connectivity index (χ1n) is 7.98. The molecule has 1 aromatic rings. The van der Waals surface area contributed by atoms with E-state index < -0.39 is 0 Å². The van der Waals surface area contributed by atoms with Gasteiger partial charge in [-0.3, -0.25) is 4.79 Å². The molecule has 0 N–H and O–H groups in total. The largest absolute Gasteiger partial charge is 0.293 e. The van der Waals surface area contributed by atoms with Crippen molar-refractivity contribution < 1.29 is 4.79 Å². The van der Waals surface area contributed by atoms with Gasteiger partial charge in [0, 0.05) is 12.3 Å². The van der Waals surface area contributed by atoms with Crippen molar-refractivity contribution in [1.82, 2.24) is 4.98 Å². The molecule has 0 bridgehead atoms. The third-order valence-corrected chi connectivity index (χ3v) is 6.39. The first-order valence-corrected chi connectivity index (χ1v) is 8.79. The van der Waals surface area contributed by atoms with Crippen LogP contribution in [0.25, 0.3) is 0 Å². The van der Waals surface area contributed by atoms with Crippen molar-refractivity contribution in [1.29, 1.82) is 0 Å². The summed E-state index contributed by atoms with van der Waals surface area (Å²) in [5.74, 6) is 1.78. The lowest BCUT2D eigenvalue weighted by atomic mass is 9.70. The molecule has 0 unspecified atom stereocenters. The van der Waals surface area contributed by atoms with Crippen molar-refractivity contribution in [2.24, 2.45) is 11.3 Å². The summed E-state index contributed by atoms with van der Waals surface area (Å²) >= 11 is 1.70. The van der Waals surface area contributed by atoms with Crippen molar-refractivity contribution in [3.8, 4) is 0 Å². The van der Waals surface area contributed by atoms with Crippen LogP contribution in [0.15, 0.2) is 0 Å². The SMILES string of the molecule is CC(C)(C)C1CCC(c2nc3c(s2)C(=O)CCC3)CC1. The summed E-state index contributed by atoms with van der Waals surface area (Å²) in [5.41, 5.74) is 1.53. The van der Waals surface area contributed by atoms with Gasteiger partial charge in [-0.2, -0.15) is 0 Å². The molecular formula is C17H25NOS. The highest BCUT2D eigenvalue weighted by Gasteiger charge is 2.32. The van der Waals surface area contributed by atoms with E-state index in [1.807, 2.05) is 0 Å². The normalized spacial score (nSPS) is 27.4. The number of hydrogen-bond acceptors (Lipinski definition) is 3. The Morgan fingerprint density at radius 3 is 2.40 bits per heavy atom. The Bertz CT molecular complexity index is 504. The molecule has 3 heteroatoms. The second-order valence-electron chi connectivity index (χ2n) is 7.52. The van der Waals surface area contributed by atoms with Crippen LogP contribution < -0.4 is 0 Å². The highest BCUT2D eigenvalue weighted by Crippen LogP contribution is 2.44. The molecule has 0 radical (unpaired) electrons. The summed E-state index contributed by atoms with van der Waals surface area (Å²) in [5, 5.41) is 1.25. The number of hydrogen-bond donors (Lipinski definition) is 0. The average Bonchev–Trinajstić information content (AvgIpc) is 2.83. The first kappa shape index (κ1) is 14.2. The summed E-state index contributed by atoms with van der Waals surface area (Å²) in [7, 11) is 0. The van der Waals surface area contributed by atoms with Gasteiger partial charge in [-0.25, -0.2) is 4.98 Å². The van der Waals surface area contributed by atoms with Gasteiger partial charge in [0.25, 0.3) is 0 Å². The molecule has 1 aromatic heterocycles. The zero-order chi connectivity index (χ0) is 14.3. The molecule has 1 fully saturated rings. The summed E-state index contributed by atoms with van der Waals surface area (Å²) < 4.78 is 0. The molecule has 20 heavy (non-hydrogen) atoms. The van der Waals surface area contributed by atoms with E-state index in [1.165, 1.54) is 30.7 Å². The van der Waals surface area contributed by atoms with E-state index in [0.29, 0.717) is 17.1 Å². The molecule has 0 aromatic carbocycles. The number of thiazole rings is 1. The fourth-order valence-electron chi connectivity index (χ4n) is 3.67. The van der Waals surface area contributed by atoms with E-state index in [9.17, 15) is 4.79 Å². The van der Waals surface area contributed by atoms with E-state index in [2.05, 4.69) is 20.8 Å². The van der Waals surface area contributed by atoms with Gasteiger partial charge in [0.1, 0.15) is 0 Å². The Morgan fingerprint density at radius 1 is 1.10 bits per heavy atom. The van der Waals surface area contributed by atoms with Crippen LogP contribution in [0, 0.1) is 11.3 Å². The van der Waals surface area contributed by atoms with E-state index in [-0.39, 0.29) is 0 Å². The van der Waals surface area contributed by atoms with Crippen molar-refractivity contribution in [2.45, 2.75) is 71.6 Å². The number of Topliss-reactive ketones (excluding diaryl/α,β-unsaturated/α-hetero) is 1. The molecule has 110 valence electrons. The van der Waals surface area contributed by atoms with E-state index in [1.54, 1.807) is 11.3 Å². The summed E-state index contributed by atoms with van der Waals surface area (Å²) in [6.07, 6.45) is 7.86. The minimum atomic E-state index is 0.332. The quantitative estimate of drug-likeness (QED) is 0.730. The number of carbonyl (C=O) groups excluding carboxylic acids is 1. The van der Waals surface area contributed by atoms with E-state index in [4.69, 9.17) is 4.98 Å². The Hall–Kier alpha value is -0.700.